The van der Waals surface area contributed by atoms with Crippen LogP contribution in [0.25, 0.3) is 0 Å². The van der Waals surface area contributed by atoms with E-state index >= 15 is 0 Å². The van der Waals surface area contributed by atoms with Crippen molar-refractivity contribution in [2.75, 3.05) is 50.2 Å². The normalized spacial score (nSPS) is 16.8. The summed E-state index contributed by atoms with van der Waals surface area (Å²) in [6, 6.07) is 0. The summed E-state index contributed by atoms with van der Waals surface area (Å²) in [4.78, 5) is 41.3. The minimum atomic E-state index is -0.0757. The lowest BCUT2D eigenvalue weighted by Crippen LogP contribution is -2.39. The zero-order valence-electron chi connectivity index (χ0n) is 17.2. The highest BCUT2D eigenvalue weighted by atomic mass is 32.1. The molecule has 154 valence electrons. The summed E-state index contributed by atoms with van der Waals surface area (Å²) in [7, 11) is 3.31. The number of likely N-dealkylation sites (N-methyl/N-ethyl adjacent to an activating group) is 1. The first-order valence-corrected chi connectivity index (χ1v) is 10.5. The Hall–Kier alpha value is -2.52. The zero-order chi connectivity index (χ0) is 20.7. The Morgan fingerprint density at radius 2 is 2.03 bits per heavy atom. The minimum Gasteiger partial charge on any atom is -0.383 e. The van der Waals surface area contributed by atoms with Crippen LogP contribution in [0.3, 0.4) is 0 Å². The molecular weight excluding hydrogens is 390 g/mol. The van der Waals surface area contributed by atoms with Gasteiger partial charge in [0.25, 0.3) is 5.91 Å². The molecule has 0 radical (unpaired) electrons. The van der Waals surface area contributed by atoms with E-state index in [9.17, 15) is 9.59 Å². The van der Waals surface area contributed by atoms with E-state index < -0.39 is 0 Å². The molecule has 0 N–H and O–H groups in total. The maximum atomic E-state index is 13.1. The molecule has 0 aliphatic carbocycles. The number of rotatable bonds is 4. The van der Waals surface area contributed by atoms with E-state index in [4.69, 9.17) is 4.74 Å². The number of carbonyl (C=O) groups excluding carboxylic acids is 2. The summed E-state index contributed by atoms with van der Waals surface area (Å²) in [5, 5.41) is 0.754. The highest BCUT2D eigenvalue weighted by molar-refractivity contribution is 7.17. The van der Waals surface area contributed by atoms with Gasteiger partial charge in [0.15, 0.2) is 0 Å². The smallest absolute Gasteiger partial charge is 0.257 e. The molecule has 0 saturated heterocycles. The van der Waals surface area contributed by atoms with Crippen LogP contribution in [-0.2, 0) is 22.5 Å². The molecule has 0 spiro atoms. The van der Waals surface area contributed by atoms with E-state index in [1.54, 1.807) is 30.4 Å². The number of aryl methyl sites for hydroxylation is 2. The van der Waals surface area contributed by atoms with E-state index in [2.05, 4.69) is 14.9 Å². The Morgan fingerprint density at radius 3 is 2.79 bits per heavy atom. The van der Waals surface area contributed by atoms with Gasteiger partial charge in [-0.15, -0.1) is 11.3 Å². The molecule has 2 aliphatic rings. The summed E-state index contributed by atoms with van der Waals surface area (Å²) < 4.78 is 5.19. The van der Waals surface area contributed by atoms with Crippen molar-refractivity contribution in [3.8, 4) is 0 Å². The van der Waals surface area contributed by atoms with E-state index in [-0.39, 0.29) is 18.4 Å². The largest absolute Gasteiger partial charge is 0.383 e. The van der Waals surface area contributed by atoms with Gasteiger partial charge in [0.2, 0.25) is 5.91 Å². The molecule has 2 aromatic rings. The van der Waals surface area contributed by atoms with Crippen LogP contribution in [-0.4, -0.2) is 67.1 Å². The molecule has 0 unspecified atom stereocenters. The molecule has 8 nitrogen and oxygen atoms in total. The van der Waals surface area contributed by atoms with Crippen molar-refractivity contribution in [2.45, 2.75) is 26.8 Å². The molecule has 0 aromatic carbocycles. The maximum Gasteiger partial charge on any atom is 0.257 e. The summed E-state index contributed by atoms with van der Waals surface area (Å²) in [6.45, 7) is 6.30. The molecule has 0 atom stereocenters. The fourth-order valence-electron chi connectivity index (χ4n) is 3.89. The standard InChI is InChI=1S/C20H25N5O3S/c1-12-9-21-13(2)22-18(12)24-6-5-14-15(10-24)29-20-17(14)19(27)23(3)11-16(26)25(20)7-8-28-4/h9H,5-8,10-11H2,1-4H3. The Labute approximate surface area is 174 Å². The fraction of sp³-hybridized carbons (Fsp3) is 0.500. The molecule has 0 saturated carbocycles. The van der Waals surface area contributed by atoms with Crippen molar-refractivity contribution in [2.24, 2.45) is 0 Å². The van der Waals surface area contributed by atoms with Gasteiger partial charge in [0.1, 0.15) is 23.2 Å². The fourth-order valence-corrected chi connectivity index (χ4v) is 5.29. The lowest BCUT2D eigenvalue weighted by atomic mass is 10.0. The monoisotopic (exact) mass is 415 g/mol. The van der Waals surface area contributed by atoms with Gasteiger partial charge in [-0.25, -0.2) is 9.97 Å². The van der Waals surface area contributed by atoms with Gasteiger partial charge in [0.05, 0.1) is 25.3 Å². The second kappa shape index (κ2) is 7.72. The topological polar surface area (TPSA) is 78.9 Å². The molecule has 4 heterocycles. The number of ether oxygens (including phenoxy) is 1. The maximum absolute atomic E-state index is 13.1. The second-order valence-corrected chi connectivity index (χ2v) is 8.56. The van der Waals surface area contributed by atoms with Crippen LogP contribution in [0.5, 0.6) is 0 Å². The first kappa shape index (κ1) is 19.8. The van der Waals surface area contributed by atoms with Crippen LogP contribution in [0, 0.1) is 13.8 Å². The molecule has 2 aromatic heterocycles. The number of aromatic nitrogens is 2. The summed E-state index contributed by atoms with van der Waals surface area (Å²) in [5.74, 6) is 1.52. The number of amides is 2. The van der Waals surface area contributed by atoms with Gasteiger partial charge in [-0.2, -0.15) is 0 Å². The minimum absolute atomic E-state index is 0.0747. The van der Waals surface area contributed by atoms with Gasteiger partial charge in [-0.3, -0.25) is 14.5 Å². The van der Waals surface area contributed by atoms with E-state index in [1.807, 2.05) is 20.0 Å². The first-order valence-electron chi connectivity index (χ1n) is 9.65. The Bertz CT molecular complexity index is 973. The third-order valence-electron chi connectivity index (χ3n) is 5.40. The third-order valence-corrected chi connectivity index (χ3v) is 6.64. The number of anilines is 2. The molecular formula is C20H25N5O3S. The summed E-state index contributed by atoms with van der Waals surface area (Å²) in [6.07, 6.45) is 2.59. The number of hydrogen-bond donors (Lipinski definition) is 0. The number of hydrogen-bond acceptors (Lipinski definition) is 7. The lowest BCUT2D eigenvalue weighted by Gasteiger charge is -2.29. The van der Waals surface area contributed by atoms with Crippen LogP contribution >= 0.6 is 11.3 Å². The van der Waals surface area contributed by atoms with E-state index in [0.29, 0.717) is 25.3 Å². The van der Waals surface area contributed by atoms with Crippen LogP contribution in [0.15, 0.2) is 6.20 Å². The van der Waals surface area contributed by atoms with Crippen LogP contribution < -0.4 is 9.80 Å². The molecule has 0 fully saturated rings. The average Bonchev–Trinajstić information content (AvgIpc) is 3.03. The van der Waals surface area contributed by atoms with Gasteiger partial charge in [-0.1, -0.05) is 0 Å². The molecule has 29 heavy (non-hydrogen) atoms. The molecule has 0 bridgehead atoms. The highest BCUT2D eigenvalue weighted by Gasteiger charge is 2.37. The third kappa shape index (κ3) is 3.49. The number of fused-ring (bicyclic) bond motifs is 3. The second-order valence-electron chi connectivity index (χ2n) is 7.48. The highest BCUT2D eigenvalue weighted by Crippen LogP contribution is 2.42. The average molecular weight is 416 g/mol. The van der Waals surface area contributed by atoms with Crippen LogP contribution in [0.1, 0.15) is 32.2 Å². The predicted molar refractivity (Wildman–Crippen MR) is 112 cm³/mol. The van der Waals surface area contributed by atoms with Crippen molar-refractivity contribution in [1.29, 1.82) is 0 Å². The van der Waals surface area contributed by atoms with Crippen molar-refractivity contribution >= 4 is 34.0 Å². The predicted octanol–water partition coefficient (Wildman–Crippen LogP) is 1.78. The van der Waals surface area contributed by atoms with Crippen molar-refractivity contribution in [3.63, 3.8) is 0 Å². The zero-order valence-corrected chi connectivity index (χ0v) is 18.0. The Morgan fingerprint density at radius 1 is 1.24 bits per heavy atom. The lowest BCUT2D eigenvalue weighted by molar-refractivity contribution is -0.119. The molecule has 2 amide bonds. The van der Waals surface area contributed by atoms with Crippen molar-refractivity contribution in [3.05, 3.63) is 33.6 Å². The SMILES string of the molecule is COCCN1C(=O)CN(C)C(=O)c2c1sc1c2CCN(c2nc(C)ncc2C)C1. The first-order chi connectivity index (χ1) is 13.9. The van der Waals surface area contributed by atoms with Gasteiger partial charge in [-0.05, 0) is 25.8 Å². The molecule has 4 rings (SSSR count). The van der Waals surface area contributed by atoms with Crippen molar-refractivity contribution < 1.29 is 14.3 Å². The van der Waals surface area contributed by atoms with Gasteiger partial charge in [0, 0.05) is 37.3 Å². The van der Waals surface area contributed by atoms with Crippen LogP contribution in [0.4, 0.5) is 10.8 Å². The van der Waals surface area contributed by atoms with Crippen LogP contribution in [0.2, 0.25) is 0 Å². The molecule has 2 aliphatic heterocycles. The number of nitrogens with zero attached hydrogens (tertiary/aromatic N) is 5. The number of thiophene rings is 1. The number of carbonyl (C=O) groups is 2. The Balaban J connectivity index is 1.74. The Kier molecular flexibility index (Phi) is 5.26. The van der Waals surface area contributed by atoms with Gasteiger partial charge < -0.3 is 14.5 Å². The number of methoxy groups -OCH3 is 1. The summed E-state index contributed by atoms with van der Waals surface area (Å²) in [5.41, 5.74) is 2.79. The molecule has 9 heteroatoms. The quantitative estimate of drug-likeness (QED) is 0.758. The summed E-state index contributed by atoms with van der Waals surface area (Å²) >= 11 is 1.54. The van der Waals surface area contributed by atoms with E-state index in [1.165, 1.54) is 4.90 Å². The van der Waals surface area contributed by atoms with E-state index in [0.717, 1.165) is 45.6 Å². The van der Waals surface area contributed by atoms with Gasteiger partial charge >= 0.3 is 0 Å². The van der Waals surface area contributed by atoms with Crippen molar-refractivity contribution in [1.82, 2.24) is 14.9 Å².